The van der Waals surface area contributed by atoms with Gasteiger partial charge in [-0.3, -0.25) is 9.78 Å². The third kappa shape index (κ3) is 3.25. The monoisotopic (exact) mass is 253 g/mol. The van der Waals surface area contributed by atoms with Gasteiger partial charge in [0.05, 0.1) is 5.71 Å². The molecule has 4 heteroatoms. The smallest absolute Gasteiger partial charge is 0.267 e. The highest BCUT2D eigenvalue weighted by Gasteiger charge is 2.07. The van der Waals surface area contributed by atoms with Crippen LogP contribution in [0.1, 0.15) is 28.4 Å². The Balaban J connectivity index is 2.11. The van der Waals surface area contributed by atoms with Crippen molar-refractivity contribution in [3.63, 3.8) is 0 Å². The average Bonchev–Trinajstić information content (AvgIpc) is 2.46. The maximum absolute atomic E-state index is 12.0. The maximum atomic E-state index is 12.0. The Kier molecular flexibility index (Phi) is 4.03. The van der Waals surface area contributed by atoms with Crippen LogP contribution in [0.5, 0.6) is 0 Å². The van der Waals surface area contributed by atoms with Crippen LogP contribution in [0.25, 0.3) is 0 Å². The number of hydrogen-bond donors (Lipinski definition) is 1. The molecular formula is C15H15N3O. The van der Waals surface area contributed by atoms with Crippen molar-refractivity contribution in [2.24, 2.45) is 5.10 Å². The van der Waals surface area contributed by atoms with Gasteiger partial charge < -0.3 is 0 Å². The Morgan fingerprint density at radius 2 is 2.00 bits per heavy atom. The van der Waals surface area contributed by atoms with E-state index in [4.69, 9.17) is 0 Å². The Bertz CT molecular complexity index is 606. The van der Waals surface area contributed by atoms with Gasteiger partial charge in [0.25, 0.3) is 5.91 Å². The first kappa shape index (κ1) is 13.0. The number of nitrogens with zero attached hydrogens (tertiary/aromatic N) is 2. The maximum Gasteiger partial charge on any atom is 0.271 e. The van der Waals surface area contributed by atoms with Gasteiger partial charge in [0.1, 0.15) is 0 Å². The molecule has 0 unspecified atom stereocenters. The predicted molar refractivity (Wildman–Crippen MR) is 75.1 cm³/mol. The molecule has 0 saturated heterocycles. The van der Waals surface area contributed by atoms with Crippen molar-refractivity contribution in [3.05, 3.63) is 65.5 Å². The van der Waals surface area contributed by atoms with Crippen LogP contribution in [0, 0.1) is 6.92 Å². The largest absolute Gasteiger partial charge is 0.271 e. The standard InChI is InChI=1S/C15H15N3O/c1-11-6-3-4-8-14(11)15(19)18-17-12(2)13-7-5-9-16-10-13/h3-10H,1-2H3,(H,18,19)/b17-12-. The topological polar surface area (TPSA) is 54.4 Å². The molecule has 0 atom stereocenters. The second-order valence-electron chi connectivity index (χ2n) is 4.19. The van der Waals surface area contributed by atoms with E-state index in [2.05, 4.69) is 15.5 Å². The highest BCUT2D eigenvalue weighted by Crippen LogP contribution is 2.06. The molecule has 4 nitrogen and oxygen atoms in total. The molecule has 1 aromatic carbocycles. The van der Waals surface area contributed by atoms with E-state index in [1.807, 2.05) is 44.2 Å². The minimum absolute atomic E-state index is 0.207. The molecule has 0 spiro atoms. The molecule has 1 aromatic heterocycles. The second-order valence-corrected chi connectivity index (χ2v) is 4.19. The molecule has 0 saturated carbocycles. The van der Waals surface area contributed by atoms with Gasteiger partial charge in [-0.1, -0.05) is 24.3 Å². The molecule has 1 heterocycles. The van der Waals surface area contributed by atoms with Crippen molar-refractivity contribution in [3.8, 4) is 0 Å². The van der Waals surface area contributed by atoms with Gasteiger partial charge in [-0.05, 0) is 31.5 Å². The summed E-state index contributed by atoms with van der Waals surface area (Å²) in [5.74, 6) is -0.207. The summed E-state index contributed by atoms with van der Waals surface area (Å²) in [5, 5.41) is 4.09. The zero-order valence-corrected chi connectivity index (χ0v) is 10.9. The van der Waals surface area contributed by atoms with E-state index < -0.39 is 0 Å². The molecule has 1 amide bonds. The quantitative estimate of drug-likeness (QED) is 0.675. The summed E-state index contributed by atoms with van der Waals surface area (Å²) >= 11 is 0. The minimum Gasteiger partial charge on any atom is -0.267 e. The van der Waals surface area contributed by atoms with E-state index in [0.29, 0.717) is 5.56 Å². The van der Waals surface area contributed by atoms with E-state index in [9.17, 15) is 4.79 Å². The molecule has 2 aromatic rings. The van der Waals surface area contributed by atoms with Gasteiger partial charge in [-0.2, -0.15) is 5.10 Å². The number of carbonyl (C=O) groups is 1. The summed E-state index contributed by atoms with van der Waals surface area (Å²) < 4.78 is 0. The number of carbonyl (C=O) groups excluding carboxylic acids is 1. The lowest BCUT2D eigenvalue weighted by atomic mass is 10.1. The third-order valence-electron chi connectivity index (χ3n) is 2.79. The fourth-order valence-corrected chi connectivity index (χ4v) is 1.66. The minimum atomic E-state index is -0.207. The van der Waals surface area contributed by atoms with E-state index in [0.717, 1.165) is 16.8 Å². The number of aromatic nitrogens is 1. The molecule has 0 aliphatic rings. The van der Waals surface area contributed by atoms with Crippen molar-refractivity contribution in [2.45, 2.75) is 13.8 Å². The van der Waals surface area contributed by atoms with Gasteiger partial charge >= 0.3 is 0 Å². The lowest BCUT2D eigenvalue weighted by Gasteiger charge is -2.04. The van der Waals surface area contributed by atoms with Gasteiger partial charge in [0.15, 0.2) is 0 Å². The number of pyridine rings is 1. The highest BCUT2D eigenvalue weighted by molar-refractivity contribution is 6.00. The van der Waals surface area contributed by atoms with Crippen LogP contribution in [-0.2, 0) is 0 Å². The fourth-order valence-electron chi connectivity index (χ4n) is 1.66. The van der Waals surface area contributed by atoms with Crippen LogP contribution < -0.4 is 5.43 Å². The lowest BCUT2D eigenvalue weighted by Crippen LogP contribution is -2.20. The average molecular weight is 253 g/mol. The Morgan fingerprint density at radius 1 is 1.21 bits per heavy atom. The van der Waals surface area contributed by atoms with Crippen molar-refractivity contribution >= 4 is 11.6 Å². The van der Waals surface area contributed by atoms with Crippen LogP contribution in [-0.4, -0.2) is 16.6 Å². The first-order chi connectivity index (χ1) is 9.18. The fraction of sp³-hybridized carbons (Fsp3) is 0.133. The van der Waals surface area contributed by atoms with Crippen LogP contribution in [0.2, 0.25) is 0 Å². The van der Waals surface area contributed by atoms with E-state index in [-0.39, 0.29) is 5.91 Å². The molecule has 0 fully saturated rings. The summed E-state index contributed by atoms with van der Waals surface area (Å²) in [6, 6.07) is 11.1. The Labute approximate surface area is 112 Å². The molecule has 0 aliphatic carbocycles. The van der Waals surface area contributed by atoms with E-state index in [1.54, 1.807) is 18.5 Å². The molecular weight excluding hydrogens is 238 g/mol. The summed E-state index contributed by atoms with van der Waals surface area (Å²) in [6.45, 7) is 3.72. The van der Waals surface area contributed by atoms with Crippen molar-refractivity contribution in [1.82, 2.24) is 10.4 Å². The SMILES string of the molecule is C/C(=N/NC(=O)c1ccccc1C)c1cccnc1. The van der Waals surface area contributed by atoms with Gasteiger partial charge in [0.2, 0.25) is 0 Å². The van der Waals surface area contributed by atoms with Crippen LogP contribution in [0.15, 0.2) is 53.9 Å². The summed E-state index contributed by atoms with van der Waals surface area (Å²) in [4.78, 5) is 16.0. The molecule has 1 N–H and O–H groups in total. The van der Waals surface area contributed by atoms with Gasteiger partial charge in [-0.15, -0.1) is 0 Å². The zero-order chi connectivity index (χ0) is 13.7. The summed E-state index contributed by atoms with van der Waals surface area (Å²) in [7, 11) is 0. The predicted octanol–water partition coefficient (Wildman–Crippen LogP) is 2.54. The van der Waals surface area contributed by atoms with Gasteiger partial charge in [-0.25, -0.2) is 5.43 Å². The first-order valence-corrected chi connectivity index (χ1v) is 5.99. The first-order valence-electron chi connectivity index (χ1n) is 5.99. The third-order valence-corrected chi connectivity index (χ3v) is 2.79. The van der Waals surface area contributed by atoms with Crippen molar-refractivity contribution in [2.75, 3.05) is 0 Å². The van der Waals surface area contributed by atoms with Crippen LogP contribution in [0.3, 0.4) is 0 Å². The number of aryl methyl sites for hydroxylation is 1. The molecule has 96 valence electrons. The summed E-state index contributed by atoms with van der Waals surface area (Å²) in [6.07, 6.45) is 3.40. The number of benzene rings is 1. The van der Waals surface area contributed by atoms with Crippen molar-refractivity contribution in [1.29, 1.82) is 0 Å². The number of rotatable bonds is 3. The normalized spacial score (nSPS) is 11.2. The molecule has 0 bridgehead atoms. The molecule has 0 radical (unpaired) electrons. The highest BCUT2D eigenvalue weighted by atomic mass is 16.2. The van der Waals surface area contributed by atoms with Crippen molar-refractivity contribution < 1.29 is 4.79 Å². The molecule has 2 rings (SSSR count). The Morgan fingerprint density at radius 3 is 2.68 bits per heavy atom. The van der Waals surface area contributed by atoms with E-state index >= 15 is 0 Å². The number of nitrogens with one attached hydrogen (secondary N) is 1. The second kappa shape index (κ2) is 5.91. The van der Waals surface area contributed by atoms with Gasteiger partial charge in [0, 0.05) is 23.5 Å². The molecule has 19 heavy (non-hydrogen) atoms. The van der Waals surface area contributed by atoms with Crippen LogP contribution in [0.4, 0.5) is 0 Å². The number of hydrazone groups is 1. The van der Waals surface area contributed by atoms with E-state index in [1.165, 1.54) is 0 Å². The zero-order valence-electron chi connectivity index (χ0n) is 10.9. The lowest BCUT2D eigenvalue weighted by molar-refractivity contribution is 0.0954. The number of amides is 1. The Hall–Kier alpha value is -2.49. The number of hydrogen-bond acceptors (Lipinski definition) is 3. The summed E-state index contributed by atoms with van der Waals surface area (Å²) in [5.41, 5.74) is 5.71. The molecule has 0 aliphatic heterocycles. The van der Waals surface area contributed by atoms with Crippen LogP contribution >= 0.6 is 0 Å².